The first-order chi connectivity index (χ1) is 11.4. The van der Waals surface area contributed by atoms with Gasteiger partial charge in [0, 0.05) is 23.7 Å². The van der Waals surface area contributed by atoms with Crippen LogP contribution < -0.4 is 5.32 Å². The first-order valence-electron chi connectivity index (χ1n) is 7.71. The summed E-state index contributed by atoms with van der Waals surface area (Å²) in [4.78, 5) is 25.8. The van der Waals surface area contributed by atoms with E-state index in [1.54, 1.807) is 29.1 Å². The van der Waals surface area contributed by atoms with Gasteiger partial charge in [-0.2, -0.15) is 0 Å². The predicted molar refractivity (Wildman–Crippen MR) is 88.4 cm³/mol. The molecule has 1 N–H and O–H groups in total. The van der Waals surface area contributed by atoms with E-state index in [1.165, 1.54) is 4.90 Å². The lowest BCUT2D eigenvalue weighted by Crippen LogP contribution is -2.32. The Hall–Kier alpha value is -2.41. The molecule has 24 heavy (non-hydrogen) atoms. The van der Waals surface area contributed by atoms with Crippen LogP contribution in [0.1, 0.15) is 31.1 Å². The number of aromatic nitrogens is 3. The number of urea groups is 1. The van der Waals surface area contributed by atoms with Crippen LogP contribution in [0.4, 0.5) is 4.79 Å². The fourth-order valence-corrected chi connectivity index (χ4v) is 2.76. The summed E-state index contributed by atoms with van der Waals surface area (Å²) in [6.07, 6.45) is 2.12. The molecule has 3 rings (SSSR count). The van der Waals surface area contributed by atoms with E-state index in [-0.39, 0.29) is 18.5 Å². The van der Waals surface area contributed by atoms with Crippen LogP contribution >= 0.6 is 11.6 Å². The highest BCUT2D eigenvalue weighted by Crippen LogP contribution is 2.17. The summed E-state index contributed by atoms with van der Waals surface area (Å²) in [5, 5.41) is 11.3. The zero-order valence-electron chi connectivity index (χ0n) is 13.4. The number of carbonyl (C=O) groups excluding carboxylic acids is 2. The maximum atomic E-state index is 12.5. The lowest BCUT2D eigenvalue weighted by Gasteiger charge is -2.13. The summed E-state index contributed by atoms with van der Waals surface area (Å²) >= 11 is 5.95. The number of hydrogen-bond donors (Lipinski definition) is 1. The van der Waals surface area contributed by atoms with Crippen molar-refractivity contribution in [3.8, 4) is 0 Å². The Balaban J connectivity index is 1.69. The minimum Gasteiger partial charge on any atom is -0.325 e. The van der Waals surface area contributed by atoms with Crippen molar-refractivity contribution in [3.63, 3.8) is 0 Å². The molecule has 8 heteroatoms. The second kappa shape index (κ2) is 6.60. The second-order valence-electron chi connectivity index (χ2n) is 6.04. The molecular formula is C16H18ClN5O2. The fraction of sp³-hybridized carbons (Fsp3) is 0.375. The molecule has 0 aliphatic carbocycles. The lowest BCUT2D eigenvalue weighted by molar-refractivity contribution is -0.127. The highest BCUT2D eigenvalue weighted by molar-refractivity contribution is 6.30. The number of benzene rings is 1. The Labute approximate surface area is 144 Å². The van der Waals surface area contributed by atoms with Crippen LogP contribution in [0.3, 0.4) is 0 Å². The number of amides is 3. The van der Waals surface area contributed by atoms with E-state index in [0.29, 0.717) is 17.1 Å². The van der Waals surface area contributed by atoms with Crippen molar-refractivity contribution in [1.29, 1.82) is 0 Å². The topological polar surface area (TPSA) is 80.1 Å². The monoisotopic (exact) mass is 347 g/mol. The molecule has 2 aromatic rings. The quantitative estimate of drug-likeness (QED) is 0.841. The third kappa shape index (κ3) is 3.41. The summed E-state index contributed by atoms with van der Waals surface area (Å²) in [6.45, 7) is 4.18. The van der Waals surface area contributed by atoms with Crippen molar-refractivity contribution in [1.82, 2.24) is 25.2 Å². The highest BCUT2D eigenvalue weighted by atomic mass is 35.5. The first-order valence-corrected chi connectivity index (χ1v) is 8.09. The lowest BCUT2D eigenvalue weighted by atomic mass is 10.1. The molecule has 0 bridgehead atoms. The second-order valence-corrected chi connectivity index (χ2v) is 6.48. The number of nitrogens with zero attached hydrogens (tertiary/aromatic N) is 4. The van der Waals surface area contributed by atoms with Gasteiger partial charge in [-0.3, -0.25) is 9.69 Å². The smallest absolute Gasteiger partial charge is 0.325 e. The van der Waals surface area contributed by atoms with E-state index in [1.807, 2.05) is 19.9 Å². The highest BCUT2D eigenvalue weighted by Gasteiger charge is 2.38. The predicted octanol–water partition coefficient (Wildman–Crippen LogP) is 2.18. The molecule has 1 aromatic heterocycles. The van der Waals surface area contributed by atoms with Gasteiger partial charge in [0.15, 0.2) is 0 Å². The number of halogens is 1. The van der Waals surface area contributed by atoms with Crippen LogP contribution in [0.25, 0.3) is 0 Å². The molecule has 2 heterocycles. The molecule has 1 atom stereocenters. The molecule has 1 aromatic carbocycles. The Morgan fingerprint density at radius 3 is 2.79 bits per heavy atom. The summed E-state index contributed by atoms with van der Waals surface area (Å²) in [7, 11) is 0. The fourth-order valence-electron chi connectivity index (χ4n) is 2.55. The van der Waals surface area contributed by atoms with E-state index in [4.69, 9.17) is 11.6 Å². The van der Waals surface area contributed by atoms with Gasteiger partial charge in [0.25, 0.3) is 5.91 Å². The number of carbonyl (C=O) groups is 2. The number of rotatable bonds is 5. The molecule has 1 saturated heterocycles. The molecule has 0 spiro atoms. The maximum Gasteiger partial charge on any atom is 0.325 e. The SMILES string of the molecule is CC(C)n1cc(CC2NC(=O)N(Cc3cccc(Cl)c3)C2=O)nn1. The van der Waals surface area contributed by atoms with Crippen molar-refractivity contribution in [2.24, 2.45) is 0 Å². The van der Waals surface area contributed by atoms with E-state index in [9.17, 15) is 9.59 Å². The average molecular weight is 348 g/mol. The first kappa shape index (κ1) is 16.4. The van der Waals surface area contributed by atoms with Crippen LogP contribution in [0.2, 0.25) is 5.02 Å². The molecule has 1 aliphatic heterocycles. The van der Waals surface area contributed by atoms with Crippen LogP contribution in [0.5, 0.6) is 0 Å². The van der Waals surface area contributed by atoms with Gasteiger partial charge in [0.2, 0.25) is 0 Å². The number of imide groups is 1. The van der Waals surface area contributed by atoms with Gasteiger partial charge in [-0.25, -0.2) is 9.48 Å². The van der Waals surface area contributed by atoms with Gasteiger partial charge >= 0.3 is 6.03 Å². The third-order valence-electron chi connectivity index (χ3n) is 3.84. The Morgan fingerprint density at radius 1 is 1.33 bits per heavy atom. The van der Waals surface area contributed by atoms with E-state index < -0.39 is 12.1 Å². The van der Waals surface area contributed by atoms with Crippen molar-refractivity contribution >= 4 is 23.5 Å². The van der Waals surface area contributed by atoms with Crippen LogP contribution in [-0.4, -0.2) is 37.9 Å². The summed E-state index contributed by atoms with van der Waals surface area (Å²) in [6, 6.07) is 6.28. The third-order valence-corrected chi connectivity index (χ3v) is 4.07. The molecule has 1 fully saturated rings. The van der Waals surface area contributed by atoms with Crippen LogP contribution in [0.15, 0.2) is 30.5 Å². The minimum absolute atomic E-state index is 0.194. The number of nitrogens with one attached hydrogen (secondary N) is 1. The molecule has 0 saturated carbocycles. The average Bonchev–Trinajstić information content (AvgIpc) is 3.09. The van der Waals surface area contributed by atoms with Crippen LogP contribution in [0, 0.1) is 0 Å². The molecule has 7 nitrogen and oxygen atoms in total. The van der Waals surface area contributed by atoms with Gasteiger partial charge in [0.05, 0.1) is 12.2 Å². The van der Waals surface area contributed by atoms with Gasteiger partial charge in [0.1, 0.15) is 6.04 Å². The van der Waals surface area contributed by atoms with Crippen LogP contribution in [-0.2, 0) is 17.8 Å². The number of hydrogen-bond acceptors (Lipinski definition) is 4. The zero-order valence-corrected chi connectivity index (χ0v) is 14.2. The van der Waals surface area contributed by atoms with Gasteiger partial charge in [-0.15, -0.1) is 5.10 Å². The van der Waals surface area contributed by atoms with Crippen molar-refractivity contribution in [3.05, 3.63) is 46.7 Å². The molecule has 126 valence electrons. The molecule has 1 unspecified atom stereocenters. The van der Waals surface area contributed by atoms with Crippen molar-refractivity contribution < 1.29 is 9.59 Å². The summed E-state index contributed by atoms with van der Waals surface area (Å²) < 4.78 is 1.72. The molecule has 0 radical (unpaired) electrons. The normalized spacial score (nSPS) is 17.7. The van der Waals surface area contributed by atoms with Crippen molar-refractivity contribution in [2.75, 3.05) is 0 Å². The Morgan fingerprint density at radius 2 is 2.12 bits per heavy atom. The maximum absolute atomic E-state index is 12.5. The zero-order chi connectivity index (χ0) is 17.3. The standard InChI is InChI=1S/C16H18ClN5O2/c1-10(2)22-9-13(19-20-22)7-14-15(23)21(16(24)18-14)8-11-4-3-5-12(17)6-11/h3-6,9-10,14H,7-8H2,1-2H3,(H,18,24). The molecular weight excluding hydrogens is 330 g/mol. The van der Waals surface area contributed by atoms with E-state index in [0.717, 1.165) is 5.56 Å². The van der Waals surface area contributed by atoms with Gasteiger partial charge in [-0.05, 0) is 31.5 Å². The molecule has 3 amide bonds. The Bertz CT molecular complexity index is 773. The Kier molecular flexibility index (Phi) is 4.53. The van der Waals surface area contributed by atoms with Gasteiger partial charge in [-0.1, -0.05) is 28.9 Å². The summed E-state index contributed by atoms with van der Waals surface area (Å²) in [5.41, 5.74) is 1.48. The molecule has 1 aliphatic rings. The van der Waals surface area contributed by atoms with Gasteiger partial charge < -0.3 is 5.32 Å². The minimum atomic E-state index is -0.617. The van der Waals surface area contributed by atoms with E-state index in [2.05, 4.69) is 15.6 Å². The largest absolute Gasteiger partial charge is 0.325 e. The summed E-state index contributed by atoms with van der Waals surface area (Å²) in [5.74, 6) is -0.265. The van der Waals surface area contributed by atoms with E-state index >= 15 is 0 Å². The van der Waals surface area contributed by atoms with Crippen molar-refractivity contribution in [2.45, 2.75) is 38.9 Å².